The second-order valence-corrected chi connectivity index (χ2v) is 6.86. The van der Waals surface area contributed by atoms with Crippen molar-refractivity contribution >= 4 is 0 Å². The maximum absolute atomic E-state index is 9.65. The van der Waals surface area contributed by atoms with Crippen molar-refractivity contribution in [2.75, 3.05) is 7.11 Å². The van der Waals surface area contributed by atoms with Crippen LogP contribution in [0.2, 0.25) is 0 Å². The van der Waals surface area contributed by atoms with Gasteiger partial charge in [0.15, 0.2) is 0 Å². The zero-order valence-electron chi connectivity index (χ0n) is 16.0. The molecule has 0 fully saturated rings. The maximum Gasteiger partial charge on any atom is 0.122 e. The normalized spacial score (nSPS) is 11.1. The van der Waals surface area contributed by atoms with E-state index in [4.69, 9.17) is 4.74 Å². The minimum atomic E-state index is 0.119. The van der Waals surface area contributed by atoms with E-state index in [0.29, 0.717) is 5.75 Å². The summed E-state index contributed by atoms with van der Waals surface area (Å²) in [7, 11) is 1.61. The zero-order valence-corrected chi connectivity index (χ0v) is 16.0. The zero-order chi connectivity index (χ0) is 19.5. The molecule has 0 amide bonds. The van der Waals surface area contributed by atoms with Gasteiger partial charge >= 0.3 is 0 Å². The molecular formula is C23H30O4. The summed E-state index contributed by atoms with van der Waals surface area (Å²) in [5.41, 5.74) is 2.08. The molecule has 27 heavy (non-hydrogen) atoms. The molecule has 2 aromatic rings. The summed E-state index contributed by atoms with van der Waals surface area (Å²) < 4.78 is 5.17. The van der Waals surface area contributed by atoms with E-state index in [9.17, 15) is 15.3 Å². The molecular weight excluding hydrogens is 340 g/mol. The fraction of sp³-hybridized carbons (Fsp3) is 0.391. The highest BCUT2D eigenvalue weighted by molar-refractivity contribution is 5.38. The molecule has 0 saturated heterocycles. The van der Waals surface area contributed by atoms with Gasteiger partial charge in [-0.2, -0.15) is 0 Å². The number of hydrogen-bond acceptors (Lipinski definition) is 4. The van der Waals surface area contributed by atoms with Crippen LogP contribution in [0.15, 0.2) is 48.6 Å². The summed E-state index contributed by atoms with van der Waals surface area (Å²) in [6, 6.07) is 10.2. The van der Waals surface area contributed by atoms with Gasteiger partial charge in [0, 0.05) is 12.1 Å². The summed E-state index contributed by atoms with van der Waals surface area (Å²) in [5, 5.41) is 28.6. The minimum Gasteiger partial charge on any atom is -0.508 e. The van der Waals surface area contributed by atoms with Crippen molar-refractivity contribution in [3.63, 3.8) is 0 Å². The third-order valence-corrected chi connectivity index (χ3v) is 4.49. The number of rotatable bonds is 11. The molecule has 0 atom stereocenters. The summed E-state index contributed by atoms with van der Waals surface area (Å²) in [6.07, 6.45) is 12.7. The van der Waals surface area contributed by atoms with Crippen molar-refractivity contribution in [3.8, 4) is 23.0 Å². The second-order valence-electron chi connectivity index (χ2n) is 6.86. The Bertz CT molecular complexity index is 717. The molecule has 0 radical (unpaired) electrons. The second kappa shape index (κ2) is 11.2. The number of hydrogen-bond donors (Lipinski definition) is 3. The van der Waals surface area contributed by atoms with Gasteiger partial charge in [-0.05, 0) is 86.8 Å². The summed E-state index contributed by atoms with van der Waals surface area (Å²) in [6.45, 7) is 0. The van der Waals surface area contributed by atoms with E-state index in [0.717, 1.165) is 62.5 Å². The molecule has 0 aliphatic carbocycles. The molecule has 0 aromatic heterocycles. The Labute approximate surface area is 161 Å². The lowest BCUT2D eigenvalue weighted by Crippen LogP contribution is -1.89. The topological polar surface area (TPSA) is 69.9 Å². The predicted molar refractivity (Wildman–Crippen MR) is 109 cm³/mol. The van der Waals surface area contributed by atoms with Crippen LogP contribution in [0, 0.1) is 0 Å². The van der Waals surface area contributed by atoms with Gasteiger partial charge in [0.25, 0.3) is 0 Å². The molecule has 4 heteroatoms. The molecule has 2 aromatic carbocycles. The number of benzene rings is 2. The number of phenols is 3. The average molecular weight is 370 g/mol. The molecule has 4 nitrogen and oxygen atoms in total. The van der Waals surface area contributed by atoms with E-state index in [2.05, 4.69) is 12.2 Å². The van der Waals surface area contributed by atoms with Crippen LogP contribution in [0.25, 0.3) is 0 Å². The van der Waals surface area contributed by atoms with Crippen molar-refractivity contribution in [3.05, 3.63) is 59.7 Å². The van der Waals surface area contributed by atoms with Crippen LogP contribution in [0.1, 0.15) is 49.7 Å². The number of aryl methyl sites for hydroxylation is 2. The standard InChI is InChI=1S/C23H30O4/c1-27-23-15-19(14-22(26)17-23)11-9-7-5-3-2-4-6-8-10-18-12-20(24)16-21(25)13-18/h2-3,12-17,24-26H,4-11H2,1H3. The molecule has 0 heterocycles. The number of ether oxygens (including phenoxy) is 1. The van der Waals surface area contributed by atoms with Gasteiger partial charge in [0.05, 0.1) is 7.11 Å². The van der Waals surface area contributed by atoms with Crippen molar-refractivity contribution in [2.45, 2.75) is 51.4 Å². The van der Waals surface area contributed by atoms with Gasteiger partial charge in [-0.3, -0.25) is 0 Å². The highest BCUT2D eigenvalue weighted by Gasteiger charge is 2.01. The van der Waals surface area contributed by atoms with Crippen molar-refractivity contribution in [1.82, 2.24) is 0 Å². The smallest absolute Gasteiger partial charge is 0.122 e. The minimum absolute atomic E-state index is 0.119. The first-order valence-electron chi connectivity index (χ1n) is 9.60. The van der Waals surface area contributed by atoms with E-state index in [1.807, 2.05) is 6.07 Å². The SMILES string of the molecule is COc1cc(O)cc(CCCCC=CCCCCc2cc(O)cc(O)c2)c1. The van der Waals surface area contributed by atoms with Crippen LogP contribution in [-0.4, -0.2) is 22.4 Å². The van der Waals surface area contributed by atoms with Crippen LogP contribution in [0.5, 0.6) is 23.0 Å². The lowest BCUT2D eigenvalue weighted by Gasteiger charge is -2.05. The monoisotopic (exact) mass is 370 g/mol. The summed E-state index contributed by atoms with van der Waals surface area (Å²) in [5.74, 6) is 1.19. The van der Waals surface area contributed by atoms with Gasteiger partial charge in [0.2, 0.25) is 0 Å². The first kappa shape index (κ1) is 20.7. The number of methoxy groups -OCH3 is 1. The molecule has 0 saturated carbocycles. The van der Waals surface area contributed by atoms with Crippen molar-refractivity contribution in [1.29, 1.82) is 0 Å². The molecule has 0 unspecified atom stereocenters. The molecule has 0 bridgehead atoms. The first-order chi connectivity index (χ1) is 13.1. The lowest BCUT2D eigenvalue weighted by molar-refractivity contribution is 0.406. The molecule has 2 rings (SSSR count). The van der Waals surface area contributed by atoms with Gasteiger partial charge in [-0.25, -0.2) is 0 Å². The third kappa shape index (κ3) is 8.07. The van der Waals surface area contributed by atoms with E-state index in [1.54, 1.807) is 31.4 Å². The Hall–Kier alpha value is -2.62. The summed E-state index contributed by atoms with van der Waals surface area (Å²) in [4.78, 5) is 0. The van der Waals surface area contributed by atoms with Crippen LogP contribution < -0.4 is 4.74 Å². The summed E-state index contributed by atoms with van der Waals surface area (Å²) >= 11 is 0. The van der Waals surface area contributed by atoms with Crippen LogP contribution in [-0.2, 0) is 12.8 Å². The van der Waals surface area contributed by atoms with Gasteiger partial charge in [-0.1, -0.05) is 12.2 Å². The number of unbranched alkanes of at least 4 members (excludes halogenated alkanes) is 4. The molecule has 146 valence electrons. The Balaban J connectivity index is 1.54. The van der Waals surface area contributed by atoms with Gasteiger partial charge in [0.1, 0.15) is 23.0 Å². The Morgan fingerprint density at radius 2 is 1.15 bits per heavy atom. The van der Waals surface area contributed by atoms with Crippen molar-refractivity contribution in [2.24, 2.45) is 0 Å². The highest BCUT2D eigenvalue weighted by Crippen LogP contribution is 2.23. The van der Waals surface area contributed by atoms with Crippen LogP contribution >= 0.6 is 0 Å². The van der Waals surface area contributed by atoms with E-state index >= 15 is 0 Å². The fourth-order valence-electron chi connectivity index (χ4n) is 3.12. The average Bonchev–Trinajstić information content (AvgIpc) is 2.62. The first-order valence-corrected chi connectivity index (χ1v) is 9.60. The van der Waals surface area contributed by atoms with Crippen molar-refractivity contribution < 1.29 is 20.1 Å². The quantitative estimate of drug-likeness (QED) is 0.361. The molecule has 0 spiro atoms. The number of phenolic OH excluding ortho intramolecular Hbond substituents is 3. The number of aromatic hydroxyl groups is 3. The maximum atomic E-state index is 9.65. The van der Waals surface area contributed by atoms with Gasteiger partial charge in [-0.15, -0.1) is 0 Å². The predicted octanol–water partition coefficient (Wildman–Crippen LogP) is 5.49. The van der Waals surface area contributed by atoms with Gasteiger partial charge < -0.3 is 20.1 Å². The Morgan fingerprint density at radius 3 is 1.67 bits per heavy atom. The molecule has 0 aliphatic rings. The van der Waals surface area contributed by atoms with E-state index in [1.165, 1.54) is 6.07 Å². The van der Waals surface area contributed by atoms with Crippen LogP contribution in [0.4, 0.5) is 0 Å². The van der Waals surface area contributed by atoms with E-state index in [-0.39, 0.29) is 17.2 Å². The number of allylic oxidation sites excluding steroid dienone is 2. The largest absolute Gasteiger partial charge is 0.508 e. The molecule has 3 N–H and O–H groups in total. The molecule has 0 aliphatic heterocycles. The highest BCUT2D eigenvalue weighted by atomic mass is 16.5. The van der Waals surface area contributed by atoms with E-state index < -0.39 is 0 Å². The van der Waals surface area contributed by atoms with Crippen LogP contribution in [0.3, 0.4) is 0 Å². The Kier molecular flexibility index (Phi) is 8.56. The Morgan fingerprint density at radius 1 is 0.667 bits per heavy atom. The lowest BCUT2D eigenvalue weighted by atomic mass is 10.0. The third-order valence-electron chi connectivity index (χ3n) is 4.49. The fourth-order valence-corrected chi connectivity index (χ4v) is 3.12.